The summed E-state index contributed by atoms with van der Waals surface area (Å²) >= 11 is 3.10. The summed E-state index contributed by atoms with van der Waals surface area (Å²) < 4.78 is 13.5. The highest BCUT2D eigenvalue weighted by Gasteiger charge is 2.22. The summed E-state index contributed by atoms with van der Waals surface area (Å²) in [6.07, 6.45) is 1.50. The second kappa shape index (κ2) is 8.12. The van der Waals surface area contributed by atoms with Crippen molar-refractivity contribution in [1.82, 2.24) is 5.32 Å². The second-order valence-electron chi connectivity index (χ2n) is 5.04. The minimum Gasteiger partial charge on any atom is -0.480 e. The molecular weight excluding hydrogens is 341 g/mol. The molecule has 4 nitrogen and oxygen atoms in total. The summed E-state index contributed by atoms with van der Waals surface area (Å²) in [4.78, 5) is 23.1. The second-order valence-corrected chi connectivity index (χ2v) is 5.90. The lowest BCUT2D eigenvalue weighted by molar-refractivity contribution is -0.142. The van der Waals surface area contributed by atoms with Crippen molar-refractivity contribution in [2.24, 2.45) is 5.92 Å². The van der Waals surface area contributed by atoms with Gasteiger partial charge in [0.2, 0.25) is 5.91 Å². The highest BCUT2D eigenvalue weighted by Crippen LogP contribution is 2.19. The zero-order chi connectivity index (χ0) is 16.0. The summed E-state index contributed by atoms with van der Waals surface area (Å²) in [7, 11) is 0. The maximum atomic E-state index is 13.1. The van der Waals surface area contributed by atoms with Gasteiger partial charge in [0.05, 0.1) is 4.47 Å². The van der Waals surface area contributed by atoms with Gasteiger partial charge in [-0.2, -0.15) is 0 Å². The first-order chi connectivity index (χ1) is 9.85. The van der Waals surface area contributed by atoms with Crippen molar-refractivity contribution in [3.63, 3.8) is 0 Å². The van der Waals surface area contributed by atoms with Crippen molar-refractivity contribution in [3.05, 3.63) is 34.1 Å². The van der Waals surface area contributed by atoms with Crippen LogP contribution in [0.2, 0.25) is 0 Å². The number of carbonyl (C=O) groups excluding carboxylic acids is 1. The topological polar surface area (TPSA) is 66.4 Å². The fourth-order valence-electron chi connectivity index (χ4n) is 1.97. The zero-order valence-corrected chi connectivity index (χ0v) is 13.6. The van der Waals surface area contributed by atoms with Crippen LogP contribution in [-0.2, 0) is 16.0 Å². The van der Waals surface area contributed by atoms with Crippen molar-refractivity contribution in [3.8, 4) is 0 Å². The van der Waals surface area contributed by atoms with Gasteiger partial charge in [-0.15, -0.1) is 0 Å². The van der Waals surface area contributed by atoms with E-state index in [1.807, 2.05) is 6.92 Å². The Morgan fingerprint density at radius 3 is 2.62 bits per heavy atom. The standard InChI is InChI=1S/C15H19BrFNO3/c1-3-4-13(15(20)21)18-14(19)9(2)7-10-5-6-12(17)11(16)8-10/h5-6,8-9,13H,3-4,7H2,1-2H3,(H,18,19)(H,20,21). The Morgan fingerprint density at radius 2 is 2.10 bits per heavy atom. The Kier molecular flexibility index (Phi) is 6.81. The molecule has 0 bridgehead atoms. The molecule has 0 aliphatic carbocycles. The van der Waals surface area contributed by atoms with E-state index in [0.29, 0.717) is 23.7 Å². The number of nitrogens with one attached hydrogen (secondary N) is 1. The Balaban J connectivity index is 2.65. The molecule has 1 amide bonds. The molecule has 0 saturated heterocycles. The molecule has 2 atom stereocenters. The van der Waals surface area contributed by atoms with E-state index in [1.54, 1.807) is 19.1 Å². The number of carboxylic acids is 1. The highest BCUT2D eigenvalue weighted by molar-refractivity contribution is 9.10. The first kappa shape index (κ1) is 17.6. The van der Waals surface area contributed by atoms with Gasteiger partial charge in [0.15, 0.2) is 0 Å². The third-order valence-corrected chi connectivity index (χ3v) is 3.77. The van der Waals surface area contributed by atoms with Crippen LogP contribution in [0.1, 0.15) is 32.3 Å². The predicted octanol–water partition coefficient (Wildman–Crippen LogP) is 3.14. The third kappa shape index (κ3) is 5.46. The van der Waals surface area contributed by atoms with Gasteiger partial charge in [-0.1, -0.05) is 26.3 Å². The molecule has 0 fully saturated rings. The molecule has 1 aromatic rings. The molecule has 0 radical (unpaired) electrons. The van der Waals surface area contributed by atoms with Crippen LogP contribution in [0.5, 0.6) is 0 Å². The lowest BCUT2D eigenvalue weighted by atomic mass is 9.99. The third-order valence-electron chi connectivity index (χ3n) is 3.17. The minimum atomic E-state index is -1.03. The molecule has 1 aromatic carbocycles. The molecule has 116 valence electrons. The quantitative estimate of drug-likeness (QED) is 0.785. The molecule has 0 spiro atoms. The highest BCUT2D eigenvalue weighted by atomic mass is 79.9. The molecular formula is C15H19BrFNO3. The Labute approximate surface area is 131 Å². The molecule has 2 unspecified atom stereocenters. The average molecular weight is 360 g/mol. The summed E-state index contributed by atoms with van der Waals surface area (Å²) in [5.74, 6) is -2.08. The Morgan fingerprint density at radius 1 is 1.43 bits per heavy atom. The molecule has 0 aromatic heterocycles. The molecule has 1 rings (SSSR count). The van der Waals surface area contributed by atoms with E-state index >= 15 is 0 Å². The number of hydrogen-bond donors (Lipinski definition) is 2. The number of carboxylic acid groups (broad SMARTS) is 1. The number of carbonyl (C=O) groups is 2. The van der Waals surface area contributed by atoms with Crippen LogP contribution in [0.3, 0.4) is 0 Å². The van der Waals surface area contributed by atoms with Gasteiger partial charge in [-0.25, -0.2) is 9.18 Å². The minimum absolute atomic E-state index is 0.309. The molecule has 6 heteroatoms. The van der Waals surface area contributed by atoms with Gasteiger partial charge >= 0.3 is 5.97 Å². The van der Waals surface area contributed by atoms with Crippen LogP contribution in [0, 0.1) is 11.7 Å². The zero-order valence-electron chi connectivity index (χ0n) is 12.0. The summed E-state index contributed by atoms with van der Waals surface area (Å²) in [5.41, 5.74) is 0.813. The van der Waals surface area contributed by atoms with Gasteiger partial charge in [0, 0.05) is 5.92 Å². The first-order valence-electron chi connectivity index (χ1n) is 6.82. The van der Waals surface area contributed by atoms with Crippen LogP contribution >= 0.6 is 15.9 Å². The number of rotatable bonds is 7. The van der Waals surface area contributed by atoms with Crippen molar-refractivity contribution in [2.75, 3.05) is 0 Å². The number of halogens is 2. The van der Waals surface area contributed by atoms with Gasteiger partial charge < -0.3 is 10.4 Å². The normalized spacial score (nSPS) is 13.5. The maximum Gasteiger partial charge on any atom is 0.326 e. The fourth-order valence-corrected chi connectivity index (χ4v) is 2.40. The predicted molar refractivity (Wildman–Crippen MR) is 81.4 cm³/mol. The summed E-state index contributed by atoms with van der Waals surface area (Å²) in [5, 5.41) is 11.6. The Bertz CT molecular complexity index is 522. The monoisotopic (exact) mass is 359 g/mol. The van der Waals surface area contributed by atoms with E-state index in [2.05, 4.69) is 21.2 Å². The average Bonchev–Trinajstić information content (AvgIpc) is 2.42. The van der Waals surface area contributed by atoms with Crippen LogP contribution in [0.4, 0.5) is 4.39 Å². The van der Waals surface area contributed by atoms with Crippen molar-refractivity contribution in [1.29, 1.82) is 0 Å². The van der Waals surface area contributed by atoms with Gasteiger partial charge in [-0.05, 0) is 46.5 Å². The van der Waals surface area contributed by atoms with Gasteiger partial charge in [-0.3, -0.25) is 4.79 Å². The van der Waals surface area contributed by atoms with Gasteiger partial charge in [0.1, 0.15) is 11.9 Å². The van der Waals surface area contributed by atoms with Crippen molar-refractivity contribution >= 4 is 27.8 Å². The Hall–Kier alpha value is -1.43. The van der Waals surface area contributed by atoms with E-state index in [9.17, 15) is 14.0 Å². The van der Waals surface area contributed by atoms with E-state index in [1.165, 1.54) is 6.07 Å². The number of hydrogen-bond acceptors (Lipinski definition) is 2. The maximum absolute atomic E-state index is 13.1. The fraction of sp³-hybridized carbons (Fsp3) is 0.467. The number of aliphatic carboxylic acids is 1. The SMILES string of the molecule is CCCC(NC(=O)C(C)Cc1ccc(F)c(Br)c1)C(=O)O. The van der Waals surface area contributed by atoms with Crippen LogP contribution in [0.25, 0.3) is 0 Å². The lowest BCUT2D eigenvalue weighted by Crippen LogP contribution is -2.43. The molecule has 0 saturated carbocycles. The van der Waals surface area contributed by atoms with Crippen LogP contribution in [-0.4, -0.2) is 23.0 Å². The van der Waals surface area contributed by atoms with E-state index in [4.69, 9.17) is 5.11 Å². The molecule has 0 aliphatic rings. The lowest BCUT2D eigenvalue weighted by Gasteiger charge is -2.17. The van der Waals surface area contributed by atoms with E-state index in [-0.39, 0.29) is 17.6 Å². The molecule has 21 heavy (non-hydrogen) atoms. The van der Waals surface area contributed by atoms with Crippen molar-refractivity contribution in [2.45, 2.75) is 39.2 Å². The van der Waals surface area contributed by atoms with Gasteiger partial charge in [0.25, 0.3) is 0 Å². The van der Waals surface area contributed by atoms with Crippen LogP contribution in [0.15, 0.2) is 22.7 Å². The first-order valence-corrected chi connectivity index (χ1v) is 7.61. The molecule has 0 heterocycles. The largest absolute Gasteiger partial charge is 0.480 e. The molecule has 0 aliphatic heterocycles. The number of amides is 1. The summed E-state index contributed by atoms with van der Waals surface area (Å²) in [6.45, 7) is 3.58. The summed E-state index contributed by atoms with van der Waals surface area (Å²) in [6, 6.07) is 3.72. The van der Waals surface area contributed by atoms with Crippen LogP contribution < -0.4 is 5.32 Å². The number of benzene rings is 1. The van der Waals surface area contributed by atoms with E-state index < -0.39 is 12.0 Å². The smallest absolute Gasteiger partial charge is 0.326 e. The molecule has 2 N–H and O–H groups in total. The van der Waals surface area contributed by atoms with Crippen molar-refractivity contribution < 1.29 is 19.1 Å². The van der Waals surface area contributed by atoms with E-state index in [0.717, 1.165) is 5.56 Å².